The number of benzene rings is 2. The number of rotatable bonds is 3. The zero-order valence-corrected chi connectivity index (χ0v) is 14.4. The zero-order chi connectivity index (χ0) is 17.3. The highest BCUT2D eigenvalue weighted by Crippen LogP contribution is 2.25. The summed E-state index contributed by atoms with van der Waals surface area (Å²) in [5.74, 6) is 0.227. The van der Waals surface area contributed by atoms with Gasteiger partial charge in [-0.15, -0.1) is 0 Å². The van der Waals surface area contributed by atoms with E-state index in [1.807, 2.05) is 39.0 Å². The van der Waals surface area contributed by atoms with Crippen LogP contribution in [-0.2, 0) is 0 Å². The summed E-state index contributed by atoms with van der Waals surface area (Å²) in [6.07, 6.45) is 0. The van der Waals surface area contributed by atoms with Gasteiger partial charge in [-0.2, -0.15) is 0 Å². The van der Waals surface area contributed by atoms with Gasteiger partial charge in [-0.25, -0.2) is 0 Å². The average molecular weight is 341 g/mol. The van der Waals surface area contributed by atoms with E-state index in [0.717, 1.165) is 16.7 Å². The van der Waals surface area contributed by atoms with Crippen molar-refractivity contribution in [3.63, 3.8) is 0 Å². The zero-order valence-electron chi connectivity index (χ0n) is 13.7. The Bertz CT molecular complexity index is 915. The molecule has 0 radical (unpaired) electrons. The number of halogens is 1. The summed E-state index contributed by atoms with van der Waals surface area (Å²) in [4.78, 5) is 12.4. The minimum absolute atomic E-state index is 0.225. The smallest absolute Gasteiger partial charge is 0.277 e. The van der Waals surface area contributed by atoms with Crippen molar-refractivity contribution >= 4 is 23.2 Å². The van der Waals surface area contributed by atoms with Crippen LogP contribution in [0.1, 0.15) is 27.2 Å². The van der Waals surface area contributed by atoms with E-state index in [2.05, 4.69) is 10.5 Å². The molecule has 0 bridgehead atoms. The standard InChI is InChI=1S/C19H17ClN2O2/c1-11-7-8-14(9-12(11)2)18-10-17(22-24-18)19(23)21-16-6-4-5-15(20)13(16)3/h4-10H,1-3H3,(H,21,23). The van der Waals surface area contributed by atoms with Crippen LogP contribution in [0.2, 0.25) is 5.02 Å². The van der Waals surface area contributed by atoms with Crippen molar-refractivity contribution < 1.29 is 9.32 Å². The molecule has 122 valence electrons. The summed E-state index contributed by atoms with van der Waals surface area (Å²) in [5, 5.41) is 7.28. The molecule has 1 heterocycles. The Kier molecular flexibility index (Phi) is 4.40. The third-order valence-corrected chi connectivity index (χ3v) is 4.46. The van der Waals surface area contributed by atoms with E-state index in [9.17, 15) is 4.79 Å². The molecule has 1 N–H and O–H groups in total. The number of hydrogen-bond donors (Lipinski definition) is 1. The molecule has 0 saturated heterocycles. The summed E-state index contributed by atoms with van der Waals surface area (Å²) in [6.45, 7) is 5.93. The third-order valence-electron chi connectivity index (χ3n) is 4.05. The fourth-order valence-corrected chi connectivity index (χ4v) is 2.52. The van der Waals surface area contributed by atoms with Gasteiger partial charge in [0.25, 0.3) is 5.91 Å². The van der Waals surface area contributed by atoms with Gasteiger partial charge in [0, 0.05) is 22.3 Å². The van der Waals surface area contributed by atoms with Crippen molar-refractivity contribution in [3.05, 3.63) is 69.9 Å². The van der Waals surface area contributed by atoms with E-state index in [0.29, 0.717) is 16.5 Å². The Morgan fingerprint density at radius 3 is 2.62 bits per heavy atom. The van der Waals surface area contributed by atoms with Crippen molar-refractivity contribution in [2.24, 2.45) is 0 Å². The van der Waals surface area contributed by atoms with Crippen molar-refractivity contribution in [3.8, 4) is 11.3 Å². The Labute approximate surface area is 145 Å². The van der Waals surface area contributed by atoms with E-state index in [4.69, 9.17) is 16.1 Å². The van der Waals surface area contributed by atoms with Gasteiger partial charge in [0.1, 0.15) is 0 Å². The molecular weight excluding hydrogens is 324 g/mol. The molecule has 0 aliphatic heterocycles. The lowest BCUT2D eigenvalue weighted by Crippen LogP contribution is -2.13. The van der Waals surface area contributed by atoms with Crippen molar-refractivity contribution in [2.45, 2.75) is 20.8 Å². The van der Waals surface area contributed by atoms with Gasteiger partial charge >= 0.3 is 0 Å². The highest BCUT2D eigenvalue weighted by molar-refractivity contribution is 6.31. The fourth-order valence-electron chi connectivity index (χ4n) is 2.34. The number of amides is 1. The Hall–Kier alpha value is -2.59. The number of nitrogens with one attached hydrogen (secondary N) is 1. The molecule has 0 aliphatic rings. The van der Waals surface area contributed by atoms with Crippen LogP contribution in [0, 0.1) is 20.8 Å². The molecule has 0 saturated carbocycles. The van der Waals surface area contributed by atoms with Crippen LogP contribution in [0.15, 0.2) is 47.0 Å². The average Bonchev–Trinajstić information content (AvgIpc) is 3.04. The molecule has 4 nitrogen and oxygen atoms in total. The molecule has 0 spiro atoms. The van der Waals surface area contributed by atoms with Crippen molar-refractivity contribution in [1.29, 1.82) is 0 Å². The maximum Gasteiger partial charge on any atom is 0.277 e. The molecule has 3 aromatic rings. The fraction of sp³-hybridized carbons (Fsp3) is 0.158. The quantitative estimate of drug-likeness (QED) is 0.715. The molecule has 0 fully saturated rings. The van der Waals surface area contributed by atoms with E-state index in [1.165, 1.54) is 5.56 Å². The Morgan fingerprint density at radius 1 is 1.08 bits per heavy atom. The second-order valence-corrected chi connectivity index (χ2v) is 6.15. The number of aromatic nitrogens is 1. The second kappa shape index (κ2) is 6.49. The van der Waals surface area contributed by atoms with Gasteiger partial charge in [0.15, 0.2) is 11.5 Å². The van der Waals surface area contributed by atoms with Crippen LogP contribution >= 0.6 is 11.6 Å². The summed E-state index contributed by atoms with van der Waals surface area (Å²) >= 11 is 6.07. The molecule has 24 heavy (non-hydrogen) atoms. The lowest BCUT2D eigenvalue weighted by atomic mass is 10.0. The van der Waals surface area contributed by atoms with Gasteiger partial charge in [0.05, 0.1) is 0 Å². The number of carbonyl (C=O) groups is 1. The number of aryl methyl sites for hydroxylation is 2. The minimum Gasteiger partial charge on any atom is -0.355 e. The van der Waals surface area contributed by atoms with E-state index in [1.54, 1.807) is 24.3 Å². The maximum atomic E-state index is 12.4. The number of hydrogen-bond acceptors (Lipinski definition) is 3. The van der Waals surface area contributed by atoms with Gasteiger partial charge < -0.3 is 9.84 Å². The van der Waals surface area contributed by atoms with Crippen LogP contribution in [0.25, 0.3) is 11.3 Å². The normalized spacial score (nSPS) is 10.7. The highest BCUT2D eigenvalue weighted by Gasteiger charge is 2.15. The van der Waals surface area contributed by atoms with Gasteiger partial charge in [-0.3, -0.25) is 4.79 Å². The molecule has 3 rings (SSSR count). The van der Waals surface area contributed by atoms with Crippen LogP contribution in [0.5, 0.6) is 0 Å². The molecular formula is C19H17ClN2O2. The summed E-state index contributed by atoms with van der Waals surface area (Å²) in [5.41, 5.74) is 4.94. The van der Waals surface area contributed by atoms with Gasteiger partial charge in [-0.05, 0) is 55.7 Å². The highest BCUT2D eigenvalue weighted by atomic mass is 35.5. The first-order valence-electron chi connectivity index (χ1n) is 7.56. The second-order valence-electron chi connectivity index (χ2n) is 5.74. The topological polar surface area (TPSA) is 55.1 Å². The first-order chi connectivity index (χ1) is 11.5. The van der Waals surface area contributed by atoms with E-state index in [-0.39, 0.29) is 11.6 Å². The molecule has 0 unspecified atom stereocenters. The lowest BCUT2D eigenvalue weighted by Gasteiger charge is -2.07. The number of anilines is 1. The first kappa shape index (κ1) is 16.3. The number of nitrogens with zero attached hydrogens (tertiary/aromatic N) is 1. The van der Waals surface area contributed by atoms with Crippen LogP contribution in [0.4, 0.5) is 5.69 Å². The molecule has 2 aromatic carbocycles. The van der Waals surface area contributed by atoms with Crippen LogP contribution < -0.4 is 5.32 Å². The molecule has 1 aromatic heterocycles. The number of carbonyl (C=O) groups excluding carboxylic acids is 1. The Balaban J connectivity index is 1.83. The largest absolute Gasteiger partial charge is 0.355 e. The molecule has 0 atom stereocenters. The van der Waals surface area contributed by atoms with Gasteiger partial charge in [-0.1, -0.05) is 35.0 Å². The van der Waals surface area contributed by atoms with E-state index >= 15 is 0 Å². The SMILES string of the molecule is Cc1ccc(-c2cc(C(=O)Nc3cccc(Cl)c3C)no2)cc1C. The van der Waals surface area contributed by atoms with Crippen LogP contribution in [0.3, 0.4) is 0 Å². The predicted octanol–water partition coefficient (Wildman–Crippen LogP) is 5.17. The van der Waals surface area contributed by atoms with Crippen molar-refractivity contribution in [2.75, 3.05) is 5.32 Å². The maximum absolute atomic E-state index is 12.4. The van der Waals surface area contributed by atoms with Crippen LogP contribution in [-0.4, -0.2) is 11.1 Å². The summed E-state index contributed by atoms with van der Waals surface area (Å²) in [6, 6.07) is 13.0. The summed E-state index contributed by atoms with van der Waals surface area (Å²) < 4.78 is 5.32. The Morgan fingerprint density at radius 2 is 1.88 bits per heavy atom. The molecule has 0 aliphatic carbocycles. The third kappa shape index (κ3) is 3.19. The first-order valence-corrected chi connectivity index (χ1v) is 7.94. The predicted molar refractivity (Wildman–Crippen MR) is 95.6 cm³/mol. The summed E-state index contributed by atoms with van der Waals surface area (Å²) in [7, 11) is 0. The molecule has 5 heteroatoms. The van der Waals surface area contributed by atoms with Gasteiger partial charge in [0.2, 0.25) is 0 Å². The van der Waals surface area contributed by atoms with E-state index < -0.39 is 0 Å². The lowest BCUT2D eigenvalue weighted by molar-refractivity contribution is 0.101. The molecule has 1 amide bonds. The minimum atomic E-state index is -0.334. The monoisotopic (exact) mass is 340 g/mol. The van der Waals surface area contributed by atoms with Crippen molar-refractivity contribution in [1.82, 2.24) is 5.16 Å².